The maximum absolute atomic E-state index is 12.0. The second kappa shape index (κ2) is 6.79. The SMILES string of the molecule is Cc1ccc(NC(=O)/C=C/c2c(Cl)cccc2Cl)c(C)c1. The zero-order valence-electron chi connectivity index (χ0n) is 11.8. The van der Waals surface area contributed by atoms with E-state index in [1.807, 2.05) is 32.0 Å². The van der Waals surface area contributed by atoms with Crippen LogP contribution in [0.1, 0.15) is 16.7 Å². The van der Waals surface area contributed by atoms with Crippen molar-refractivity contribution in [1.82, 2.24) is 0 Å². The maximum Gasteiger partial charge on any atom is 0.248 e. The molecule has 0 heterocycles. The van der Waals surface area contributed by atoms with E-state index in [2.05, 4.69) is 5.32 Å². The first kappa shape index (κ1) is 15.6. The number of hydrogen-bond acceptors (Lipinski definition) is 1. The molecule has 1 amide bonds. The van der Waals surface area contributed by atoms with Crippen LogP contribution in [0.3, 0.4) is 0 Å². The Bertz CT molecular complexity index is 688. The summed E-state index contributed by atoms with van der Waals surface area (Å²) in [7, 11) is 0. The molecule has 0 saturated carbocycles. The van der Waals surface area contributed by atoms with Gasteiger partial charge >= 0.3 is 0 Å². The Morgan fingerprint density at radius 1 is 1.10 bits per heavy atom. The molecule has 0 saturated heterocycles. The quantitative estimate of drug-likeness (QED) is 0.768. The molecule has 0 aromatic heterocycles. The summed E-state index contributed by atoms with van der Waals surface area (Å²) in [6, 6.07) is 11.1. The summed E-state index contributed by atoms with van der Waals surface area (Å²) in [4.78, 5) is 12.0. The minimum atomic E-state index is -0.224. The number of carbonyl (C=O) groups excluding carboxylic acids is 1. The summed E-state index contributed by atoms with van der Waals surface area (Å²) in [5, 5.41) is 3.86. The average Bonchev–Trinajstić information content (AvgIpc) is 2.41. The van der Waals surface area contributed by atoms with E-state index in [9.17, 15) is 4.79 Å². The fourth-order valence-electron chi connectivity index (χ4n) is 1.96. The van der Waals surface area contributed by atoms with Gasteiger partial charge in [-0.3, -0.25) is 4.79 Å². The van der Waals surface area contributed by atoms with Gasteiger partial charge in [0.2, 0.25) is 5.91 Å². The maximum atomic E-state index is 12.0. The summed E-state index contributed by atoms with van der Waals surface area (Å²) in [5.74, 6) is -0.224. The van der Waals surface area contributed by atoms with Crippen LogP contribution in [0.25, 0.3) is 6.08 Å². The van der Waals surface area contributed by atoms with Crippen molar-refractivity contribution in [2.75, 3.05) is 5.32 Å². The third kappa shape index (κ3) is 4.10. The Kier molecular flexibility index (Phi) is 5.05. The molecule has 0 fully saturated rings. The fraction of sp³-hybridized carbons (Fsp3) is 0.118. The molecule has 0 spiro atoms. The van der Waals surface area contributed by atoms with E-state index in [1.165, 1.54) is 6.08 Å². The van der Waals surface area contributed by atoms with Crippen molar-refractivity contribution in [1.29, 1.82) is 0 Å². The minimum Gasteiger partial charge on any atom is -0.322 e. The Morgan fingerprint density at radius 3 is 2.38 bits per heavy atom. The Morgan fingerprint density at radius 2 is 1.76 bits per heavy atom. The summed E-state index contributed by atoms with van der Waals surface area (Å²) in [6.45, 7) is 3.97. The van der Waals surface area contributed by atoms with Crippen LogP contribution in [0.2, 0.25) is 10.0 Å². The predicted molar refractivity (Wildman–Crippen MR) is 90.0 cm³/mol. The lowest BCUT2D eigenvalue weighted by atomic mass is 10.1. The summed E-state index contributed by atoms with van der Waals surface area (Å²) >= 11 is 12.1. The van der Waals surface area contributed by atoms with Gasteiger partial charge in [0.1, 0.15) is 0 Å². The van der Waals surface area contributed by atoms with Crippen LogP contribution in [0, 0.1) is 13.8 Å². The molecule has 0 radical (unpaired) electrons. The van der Waals surface area contributed by atoms with E-state index in [0.717, 1.165) is 16.8 Å². The largest absolute Gasteiger partial charge is 0.322 e. The molecule has 0 aliphatic carbocycles. The fourth-order valence-corrected chi connectivity index (χ4v) is 2.48. The normalized spacial score (nSPS) is 10.9. The van der Waals surface area contributed by atoms with Crippen LogP contribution < -0.4 is 5.32 Å². The van der Waals surface area contributed by atoms with Crippen LogP contribution >= 0.6 is 23.2 Å². The number of nitrogens with one attached hydrogen (secondary N) is 1. The Labute approximate surface area is 134 Å². The van der Waals surface area contributed by atoms with Crippen molar-refractivity contribution < 1.29 is 4.79 Å². The number of amides is 1. The topological polar surface area (TPSA) is 29.1 Å². The molecule has 1 N–H and O–H groups in total. The molecule has 21 heavy (non-hydrogen) atoms. The van der Waals surface area contributed by atoms with Crippen molar-refractivity contribution in [3.63, 3.8) is 0 Å². The van der Waals surface area contributed by atoms with E-state index in [4.69, 9.17) is 23.2 Å². The highest BCUT2D eigenvalue weighted by atomic mass is 35.5. The van der Waals surface area contributed by atoms with Gasteiger partial charge in [-0.05, 0) is 43.7 Å². The molecule has 4 heteroatoms. The molecule has 2 aromatic carbocycles. The number of benzene rings is 2. The molecular formula is C17H15Cl2NO. The predicted octanol–water partition coefficient (Wildman–Crippen LogP) is 5.26. The lowest BCUT2D eigenvalue weighted by Crippen LogP contribution is -2.09. The van der Waals surface area contributed by atoms with Gasteiger partial charge in [0, 0.05) is 27.4 Å². The van der Waals surface area contributed by atoms with E-state index in [0.29, 0.717) is 15.6 Å². The standard InChI is InChI=1S/C17H15Cl2NO/c1-11-6-8-16(12(2)10-11)20-17(21)9-7-13-14(18)4-3-5-15(13)19/h3-10H,1-2H3,(H,20,21)/b9-7+. The third-order valence-corrected chi connectivity index (χ3v) is 3.70. The molecule has 2 aromatic rings. The van der Waals surface area contributed by atoms with Crippen LogP contribution in [0.15, 0.2) is 42.5 Å². The first-order valence-corrected chi connectivity index (χ1v) is 7.23. The van der Waals surface area contributed by atoms with Crippen LogP contribution in [-0.4, -0.2) is 5.91 Å². The number of aryl methyl sites for hydroxylation is 2. The highest BCUT2D eigenvalue weighted by molar-refractivity contribution is 6.37. The van der Waals surface area contributed by atoms with E-state index in [-0.39, 0.29) is 5.91 Å². The zero-order valence-corrected chi connectivity index (χ0v) is 13.3. The van der Waals surface area contributed by atoms with Crippen molar-refractivity contribution in [3.05, 3.63) is 69.2 Å². The molecule has 2 nitrogen and oxygen atoms in total. The van der Waals surface area contributed by atoms with Crippen LogP contribution in [-0.2, 0) is 4.79 Å². The van der Waals surface area contributed by atoms with Gasteiger partial charge in [-0.2, -0.15) is 0 Å². The van der Waals surface area contributed by atoms with Gasteiger partial charge in [0.15, 0.2) is 0 Å². The first-order valence-electron chi connectivity index (χ1n) is 6.47. The smallest absolute Gasteiger partial charge is 0.248 e. The van der Waals surface area contributed by atoms with E-state index >= 15 is 0 Å². The molecule has 0 unspecified atom stereocenters. The van der Waals surface area contributed by atoms with Gasteiger partial charge in [-0.1, -0.05) is 47.0 Å². The Balaban J connectivity index is 2.13. The molecular weight excluding hydrogens is 305 g/mol. The van der Waals surface area contributed by atoms with Crippen molar-refractivity contribution in [2.45, 2.75) is 13.8 Å². The van der Waals surface area contributed by atoms with E-state index in [1.54, 1.807) is 24.3 Å². The lowest BCUT2D eigenvalue weighted by molar-refractivity contribution is -0.111. The number of rotatable bonds is 3. The van der Waals surface area contributed by atoms with Gasteiger partial charge in [-0.25, -0.2) is 0 Å². The Hall–Kier alpha value is -1.77. The van der Waals surface area contributed by atoms with Crippen molar-refractivity contribution in [2.24, 2.45) is 0 Å². The second-order valence-corrected chi connectivity index (χ2v) is 5.59. The number of halogens is 2. The van der Waals surface area contributed by atoms with Gasteiger partial charge in [0.05, 0.1) is 0 Å². The number of carbonyl (C=O) groups is 1. The number of anilines is 1. The monoisotopic (exact) mass is 319 g/mol. The van der Waals surface area contributed by atoms with Gasteiger partial charge in [-0.15, -0.1) is 0 Å². The number of hydrogen-bond donors (Lipinski definition) is 1. The third-order valence-electron chi connectivity index (χ3n) is 3.04. The van der Waals surface area contributed by atoms with Gasteiger partial charge < -0.3 is 5.32 Å². The summed E-state index contributed by atoms with van der Waals surface area (Å²) in [6.07, 6.45) is 3.04. The van der Waals surface area contributed by atoms with Crippen molar-refractivity contribution >= 4 is 40.9 Å². The van der Waals surface area contributed by atoms with Crippen molar-refractivity contribution in [3.8, 4) is 0 Å². The highest BCUT2D eigenvalue weighted by Crippen LogP contribution is 2.25. The molecule has 0 aliphatic rings. The second-order valence-electron chi connectivity index (χ2n) is 4.78. The lowest BCUT2D eigenvalue weighted by Gasteiger charge is -2.07. The molecule has 108 valence electrons. The zero-order chi connectivity index (χ0) is 15.4. The van der Waals surface area contributed by atoms with Gasteiger partial charge in [0.25, 0.3) is 0 Å². The van der Waals surface area contributed by atoms with E-state index < -0.39 is 0 Å². The first-order chi connectivity index (χ1) is 9.97. The average molecular weight is 320 g/mol. The minimum absolute atomic E-state index is 0.224. The molecule has 0 aliphatic heterocycles. The highest BCUT2D eigenvalue weighted by Gasteiger charge is 2.04. The molecule has 0 bridgehead atoms. The summed E-state index contributed by atoms with van der Waals surface area (Å²) < 4.78 is 0. The summed E-state index contributed by atoms with van der Waals surface area (Å²) in [5.41, 5.74) is 3.61. The molecule has 0 atom stereocenters. The molecule has 2 rings (SSSR count). The van der Waals surface area contributed by atoms with Crippen LogP contribution in [0.5, 0.6) is 0 Å². The van der Waals surface area contributed by atoms with Crippen LogP contribution in [0.4, 0.5) is 5.69 Å².